The Morgan fingerprint density at radius 2 is 1.82 bits per heavy atom. The summed E-state index contributed by atoms with van der Waals surface area (Å²) in [5.41, 5.74) is 3.05. The first-order valence-corrected chi connectivity index (χ1v) is 5.90. The molecule has 90 valence electrons. The lowest BCUT2D eigenvalue weighted by Gasteiger charge is -2.20. The van der Waals surface area contributed by atoms with Crippen LogP contribution in [0.1, 0.15) is 35.1 Å². The van der Waals surface area contributed by atoms with Crippen LogP contribution in [-0.4, -0.2) is 11.2 Å². The van der Waals surface area contributed by atoms with Crippen LogP contribution in [0.5, 0.6) is 5.75 Å². The number of aliphatic imine (C=N–C) groups is 1. The minimum Gasteiger partial charge on any atom is -0.506 e. The lowest BCUT2D eigenvalue weighted by atomic mass is 9.90. The van der Waals surface area contributed by atoms with Crippen molar-refractivity contribution in [3.8, 4) is 5.75 Å². The summed E-state index contributed by atoms with van der Waals surface area (Å²) in [6.45, 7) is 5.60. The Morgan fingerprint density at radius 1 is 1.24 bits per heavy atom. The van der Waals surface area contributed by atoms with Gasteiger partial charge in [-0.05, 0) is 55.9 Å². The van der Waals surface area contributed by atoms with E-state index in [1.165, 1.54) is 0 Å². The molecule has 2 rings (SSSR count). The van der Waals surface area contributed by atoms with E-state index < -0.39 is 5.54 Å². The van der Waals surface area contributed by atoms with Crippen LogP contribution in [0, 0.1) is 20.8 Å². The average Bonchev–Trinajstić information content (AvgIpc) is 3.05. The second-order valence-electron chi connectivity index (χ2n) is 4.65. The van der Waals surface area contributed by atoms with Crippen LogP contribution < -0.4 is 0 Å². The smallest absolute Gasteiger partial charge is 0.235 e. The highest BCUT2D eigenvalue weighted by Gasteiger charge is 2.47. The van der Waals surface area contributed by atoms with E-state index in [9.17, 15) is 9.90 Å². The summed E-state index contributed by atoms with van der Waals surface area (Å²) in [6, 6.07) is 0. The van der Waals surface area contributed by atoms with Gasteiger partial charge < -0.3 is 5.11 Å². The molecule has 1 fully saturated rings. The van der Waals surface area contributed by atoms with Gasteiger partial charge in [0.1, 0.15) is 5.75 Å². The zero-order valence-corrected chi connectivity index (χ0v) is 10.9. The van der Waals surface area contributed by atoms with E-state index in [1.807, 2.05) is 20.8 Å². The summed E-state index contributed by atoms with van der Waals surface area (Å²) in [4.78, 5) is 14.4. The van der Waals surface area contributed by atoms with Crippen molar-refractivity contribution in [2.24, 2.45) is 4.99 Å². The minimum absolute atomic E-state index is 0.122. The van der Waals surface area contributed by atoms with Gasteiger partial charge in [-0.1, -0.05) is 11.6 Å². The third-order valence-corrected chi connectivity index (χ3v) is 4.12. The van der Waals surface area contributed by atoms with Crippen LogP contribution in [0.15, 0.2) is 4.99 Å². The van der Waals surface area contributed by atoms with Crippen LogP contribution in [0.3, 0.4) is 0 Å². The second kappa shape index (κ2) is 3.86. The topological polar surface area (TPSA) is 49.7 Å². The minimum atomic E-state index is -0.446. The van der Waals surface area contributed by atoms with E-state index in [1.54, 1.807) is 6.08 Å². The summed E-state index contributed by atoms with van der Waals surface area (Å²) < 4.78 is 0. The lowest BCUT2D eigenvalue weighted by Crippen LogP contribution is -2.09. The van der Waals surface area contributed by atoms with E-state index >= 15 is 0 Å². The molecule has 4 heteroatoms. The first-order valence-electron chi connectivity index (χ1n) is 5.52. The van der Waals surface area contributed by atoms with E-state index in [-0.39, 0.29) is 5.75 Å². The van der Waals surface area contributed by atoms with Gasteiger partial charge in [-0.25, -0.2) is 4.79 Å². The molecule has 0 radical (unpaired) electrons. The predicted octanol–water partition coefficient (Wildman–Crippen LogP) is 3.30. The van der Waals surface area contributed by atoms with Crippen molar-refractivity contribution in [1.29, 1.82) is 0 Å². The molecule has 1 saturated carbocycles. The van der Waals surface area contributed by atoms with Gasteiger partial charge in [0, 0.05) is 0 Å². The maximum atomic E-state index is 10.5. The van der Waals surface area contributed by atoms with Gasteiger partial charge in [-0.3, -0.25) is 0 Å². The van der Waals surface area contributed by atoms with E-state index in [4.69, 9.17) is 11.6 Å². The maximum Gasteiger partial charge on any atom is 0.235 e. The highest BCUT2D eigenvalue weighted by atomic mass is 35.5. The molecule has 0 heterocycles. The van der Waals surface area contributed by atoms with Crippen molar-refractivity contribution in [2.75, 3.05) is 0 Å². The van der Waals surface area contributed by atoms with Crippen molar-refractivity contribution >= 4 is 17.7 Å². The normalized spacial score (nSPS) is 16.5. The molecule has 1 aliphatic rings. The van der Waals surface area contributed by atoms with Crippen LogP contribution in [0.4, 0.5) is 0 Å². The van der Waals surface area contributed by atoms with Crippen molar-refractivity contribution < 1.29 is 9.90 Å². The van der Waals surface area contributed by atoms with Crippen molar-refractivity contribution in [3.63, 3.8) is 0 Å². The zero-order valence-electron chi connectivity index (χ0n) is 10.1. The Morgan fingerprint density at radius 3 is 2.29 bits per heavy atom. The van der Waals surface area contributed by atoms with Crippen molar-refractivity contribution in [2.45, 2.75) is 39.2 Å². The first-order chi connectivity index (χ1) is 7.94. The Balaban J connectivity index is 2.75. The number of phenolic OH excluding ortho intramolecular Hbond substituents is 1. The van der Waals surface area contributed by atoms with Gasteiger partial charge in [0.25, 0.3) is 0 Å². The van der Waals surface area contributed by atoms with Crippen molar-refractivity contribution in [1.82, 2.24) is 0 Å². The summed E-state index contributed by atoms with van der Waals surface area (Å²) in [5, 5.41) is 10.2. The average molecular weight is 252 g/mol. The van der Waals surface area contributed by atoms with Gasteiger partial charge in [0.2, 0.25) is 6.08 Å². The highest BCUT2D eigenvalue weighted by molar-refractivity contribution is 6.33. The van der Waals surface area contributed by atoms with Gasteiger partial charge in [0.15, 0.2) is 0 Å². The van der Waals surface area contributed by atoms with Crippen LogP contribution in [0.2, 0.25) is 5.02 Å². The molecule has 1 aromatic rings. The van der Waals surface area contributed by atoms with Crippen LogP contribution in [0.25, 0.3) is 0 Å². The molecule has 3 nitrogen and oxygen atoms in total. The molecule has 1 N–H and O–H groups in total. The Bertz CT molecular complexity index is 512. The Kier molecular flexibility index (Phi) is 2.76. The molecule has 0 atom stereocenters. The van der Waals surface area contributed by atoms with E-state index in [2.05, 4.69) is 4.99 Å². The van der Waals surface area contributed by atoms with E-state index in [0.29, 0.717) is 5.02 Å². The molecule has 0 spiro atoms. The molecule has 0 aromatic heterocycles. The molecular formula is C13H14ClNO2. The molecule has 0 saturated heterocycles. The quantitative estimate of drug-likeness (QED) is 0.648. The predicted molar refractivity (Wildman–Crippen MR) is 66.4 cm³/mol. The summed E-state index contributed by atoms with van der Waals surface area (Å²) in [6.07, 6.45) is 3.32. The number of halogens is 1. The molecular weight excluding hydrogens is 238 g/mol. The lowest BCUT2D eigenvalue weighted by molar-refractivity contribution is 0.469. The standard InChI is InChI=1S/C13H14ClNO2/c1-7-8(2)12(17)11(14)9(3)10(7)13(4-5-13)15-6-16/h17H,4-5H2,1-3H3. The SMILES string of the molecule is Cc1c(C)c(C2(N=C=O)CC2)c(C)c(Cl)c1O. The summed E-state index contributed by atoms with van der Waals surface area (Å²) in [5.74, 6) is 0.122. The molecule has 0 bridgehead atoms. The molecule has 1 aliphatic carbocycles. The van der Waals surface area contributed by atoms with Crippen LogP contribution >= 0.6 is 11.6 Å². The van der Waals surface area contributed by atoms with Gasteiger partial charge >= 0.3 is 0 Å². The molecule has 0 aliphatic heterocycles. The second-order valence-corrected chi connectivity index (χ2v) is 5.03. The molecule has 1 aromatic carbocycles. The number of benzene rings is 1. The molecule has 17 heavy (non-hydrogen) atoms. The number of hydrogen-bond donors (Lipinski definition) is 1. The van der Waals surface area contributed by atoms with Gasteiger partial charge in [0.05, 0.1) is 10.6 Å². The first kappa shape index (κ1) is 12.2. The zero-order chi connectivity index (χ0) is 12.8. The molecule has 0 unspecified atom stereocenters. The Hall–Kier alpha value is -1.31. The summed E-state index contributed by atoms with van der Waals surface area (Å²) >= 11 is 6.10. The number of hydrogen-bond acceptors (Lipinski definition) is 3. The Labute approximate surface area is 105 Å². The van der Waals surface area contributed by atoms with Gasteiger partial charge in [-0.2, -0.15) is 4.99 Å². The monoisotopic (exact) mass is 251 g/mol. The largest absolute Gasteiger partial charge is 0.506 e. The fraction of sp³-hybridized carbons (Fsp3) is 0.462. The third-order valence-electron chi connectivity index (χ3n) is 3.65. The fourth-order valence-electron chi connectivity index (χ4n) is 2.42. The number of aromatic hydroxyl groups is 1. The number of rotatable bonds is 2. The maximum absolute atomic E-state index is 10.5. The fourth-order valence-corrected chi connectivity index (χ4v) is 2.66. The number of isocyanates is 1. The highest BCUT2D eigenvalue weighted by Crippen LogP contribution is 2.54. The number of carbonyl (C=O) groups excluding carboxylic acids is 1. The van der Waals surface area contributed by atoms with E-state index in [0.717, 1.165) is 35.1 Å². The third kappa shape index (κ3) is 1.67. The number of nitrogens with zero attached hydrogens (tertiary/aromatic N) is 1. The van der Waals surface area contributed by atoms with Gasteiger partial charge in [-0.15, -0.1) is 0 Å². The van der Waals surface area contributed by atoms with Crippen LogP contribution in [-0.2, 0) is 10.3 Å². The molecule has 0 amide bonds. The van der Waals surface area contributed by atoms with Crippen molar-refractivity contribution in [3.05, 3.63) is 27.3 Å². The number of phenols is 1. The summed E-state index contributed by atoms with van der Waals surface area (Å²) in [7, 11) is 0.